The van der Waals surface area contributed by atoms with Crippen LogP contribution in [0.2, 0.25) is 0 Å². The minimum Gasteiger partial charge on any atom is -0.457 e. The lowest BCUT2D eigenvalue weighted by molar-refractivity contribution is 0.0389. The Balaban J connectivity index is 2.09. The van der Waals surface area contributed by atoms with Gasteiger partial charge >= 0.3 is 0 Å². The van der Waals surface area contributed by atoms with E-state index in [-0.39, 0.29) is 5.76 Å². The van der Waals surface area contributed by atoms with Crippen molar-refractivity contribution in [1.29, 1.82) is 0 Å². The summed E-state index contributed by atoms with van der Waals surface area (Å²) in [6.07, 6.45) is -5.61. The molecule has 24 heavy (non-hydrogen) atoms. The molecule has 0 saturated carbocycles. The maximum Gasteiger partial charge on any atom is 0.276 e. The molecule has 120 valence electrons. The molecule has 1 heterocycles. The minimum atomic E-state index is -3.14. The monoisotopic (exact) mass is 326 g/mol. The second-order valence-electron chi connectivity index (χ2n) is 5.60. The van der Waals surface area contributed by atoms with Crippen molar-refractivity contribution in [2.24, 2.45) is 0 Å². The molecular weight excluding hydrogens is 313 g/mol. The SMILES string of the molecule is FC(F)C(F)c1oc2ccccc2c1-c1cccc2ccccc12. The van der Waals surface area contributed by atoms with Gasteiger partial charge in [-0.2, -0.15) is 0 Å². The molecule has 0 spiro atoms. The number of benzene rings is 3. The van der Waals surface area contributed by atoms with E-state index in [0.29, 0.717) is 22.1 Å². The van der Waals surface area contributed by atoms with E-state index >= 15 is 0 Å². The van der Waals surface area contributed by atoms with Crippen LogP contribution < -0.4 is 0 Å². The third-order valence-electron chi connectivity index (χ3n) is 4.15. The van der Waals surface area contributed by atoms with E-state index in [9.17, 15) is 13.2 Å². The third-order valence-corrected chi connectivity index (χ3v) is 4.15. The number of furan rings is 1. The number of halogens is 3. The van der Waals surface area contributed by atoms with Crippen LogP contribution in [0.1, 0.15) is 11.9 Å². The fourth-order valence-corrected chi connectivity index (χ4v) is 3.09. The molecule has 0 aliphatic heterocycles. The summed E-state index contributed by atoms with van der Waals surface area (Å²) in [5.41, 5.74) is 1.49. The summed E-state index contributed by atoms with van der Waals surface area (Å²) in [5, 5.41) is 2.46. The van der Waals surface area contributed by atoms with Crippen LogP contribution in [0.25, 0.3) is 32.9 Å². The fourth-order valence-electron chi connectivity index (χ4n) is 3.09. The first-order valence-electron chi connectivity index (χ1n) is 7.58. The number of hydrogen-bond donors (Lipinski definition) is 0. The van der Waals surface area contributed by atoms with E-state index in [2.05, 4.69) is 0 Å². The van der Waals surface area contributed by atoms with Crippen LogP contribution >= 0.6 is 0 Å². The largest absolute Gasteiger partial charge is 0.457 e. The summed E-state index contributed by atoms with van der Waals surface area (Å²) >= 11 is 0. The van der Waals surface area contributed by atoms with Gasteiger partial charge in [0.05, 0.1) is 0 Å². The van der Waals surface area contributed by atoms with Gasteiger partial charge in [0.25, 0.3) is 6.43 Å². The molecule has 4 rings (SSSR count). The maximum absolute atomic E-state index is 14.2. The second-order valence-corrected chi connectivity index (χ2v) is 5.60. The molecule has 0 fully saturated rings. The topological polar surface area (TPSA) is 13.1 Å². The van der Waals surface area contributed by atoms with Gasteiger partial charge in [-0.3, -0.25) is 0 Å². The normalized spacial score (nSPS) is 13.0. The van der Waals surface area contributed by atoms with Crippen molar-refractivity contribution in [2.75, 3.05) is 0 Å². The molecule has 0 N–H and O–H groups in total. The van der Waals surface area contributed by atoms with E-state index in [4.69, 9.17) is 4.42 Å². The number of alkyl halides is 3. The number of rotatable bonds is 3. The predicted octanol–water partition coefficient (Wildman–Crippen LogP) is 6.53. The molecule has 1 unspecified atom stereocenters. The molecule has 0 saturated heterocycles. The van der Waals surface area contributed by atoms with Gasteiger partial charge in [-0.15, -0.1) is 0 Å². The highest BCUT2D eigenvalue weighted by Crippen LogP contribution is 2.43. The first kappa shape index (κ1) is 14.8. The van der Waals surface area contributed by atoms with E-state index in [1.807, 2.05) is 36.4 Å². The Morgan fingerprint density at radius 1 is 0.708 bits per heavy atom. The molecule has 0 aliphatic rings. The zero-order valence-corrected chi connectivity index (χ0v) is 12.5. The van der Waals surface area contributed by atoms with Crippen LogP contribution in [0.4, 0.5) is 13.2 Å². The Hall–Kier alpha value is -2.75. The summed E-state index contributed by atoms with van der Waals surface area (Å²) in [6.45, 7) is 0. The average Bonchev–Trinajstić information content (AvgIpc) is 2.99. The Kier molecular flexibility index (Phi) is 3.53. The molecule has 4 heteroatoms. The molecule has 1 nitrogen and oxygen atoms in total. The van der Waals surface area contributed by atoms with E-state index in [1.165, 1.54) is 0 Å². The van der Waals surface area contributed by atoms with Gasteiger partial charge in [0, 0.05) is 10.9 Å². The van der Waals surface area contributed by atoms with Gasteiger partial charge in [0.15, 0.2) is 5.76 Å². The molecule has 3 aromatic carbocycles. The number of fused-ring (bicyclic) bond motifs is 2. The minimum absolute atomic E-state index is 0.317. The van der Waals surface area contributed by atoms with E-state index in [0.717, 1.165) is 10.8 Å². The Morgan fingerprint density at radius 3 is 2.17 bits per heavy atom. The summed E-state index contributed by atoms with van der Waals surface area (Å²) in [6, 6.07) is 20.1. The predicted molar refractivity (Wildman–Crippen MR) is 89.0 cm³/mol. The molecular formula is C20H13F3O. The fraction of sp³-hybridized carbons (Fsp3) is 0.100. The van der Waals surface area contributed by atoms with Crippen LogP contribution in [0, 0.1) is 0 Å². The number of hydrogen-bond acceptors (Lipinski definition) is 1. The lowest BCUT2D eigenvalue weighted by Gasteiger charge is -2.10. The summed E-state index contributed by atoms with van der Waals surface area (Å²) in [4.78, 5) is 0. The first-order chi connectivity index (χ1) is 11.7. The van der Waals surface area contributed by atoms with Crippen LogP contribution in [-0.2, 0) is 0 Å². The molecule has 0 bridgehead atoms. The summed E-state index contributed by atoms with van der Waals surface area (Å²) in [7, 11) is 0. The second kappa shape index (κ2) is 5.71. The van der Waals surface area contributed by atoms with E-state index < -0.39 is 12.6 Å². The Labute approximate surface area is 136 Å². The highest BCUT2D eigenvalue weighted by atomic mass is 19.3. The molecule has 4 aromatic rings. The van der Waals surface area contributed by atoms with Gasteiger partial charge < -0.3 is 4.42 Å². The molecule has 0 amide bonds. The standard InChI is InChI=1S/C20H13F3O/c21-18(20(22)23)19-17(15-9-3-4-11-16(15)24-19)14-10-5-7-12-6-1-2-8-13(12)14/h1-11,18,20H. The van der Waals surface area contributed by atoms with Crippen molar-refractivity contribution in [3.05, 3.63) is 72.5 Å². The quantitative estimate of drug-likeness (QED) is 0.417. The Bertz CT molecular complexity index is 1010. The van der Waals surface area contributed by atoms with Gasteiger partial charge in [0.1, 0.15) is 5.58 Å². The Morgan fingerprint density at radius 2 is 1.38 bits per heavy atom. The molecule has 1 atom stereocenters. The molecule has 1 aromatic heterocycles. The lowest BCUT2D eigenvalue weighted by Crippen LogP contribution is -2.03. The van der Waals surface area contributed by atoms with Gasteiger partial charge in [-0.05, 0) is 22.4 Å². The highest BCUT2D eigenvalue weighted by molar-refractivity contribution is 6.05. The van der Waals surface area contributed by atoms with Gasteiger partial charge in [-0.25, -0.2) is 13.2 Å². The van der Waals surface area contributed by atoms with E-state index in [1.54, 1.807) is 30.3 Å². The lowest BCUT2D eigenvalue weighted by atomic mass is 9.95. The molecule has 0 aliphatic carbocycles. The summed E-state index contributed by atoms with van der Waals surface area (Å²) < 4.78 is 45.7. The van der Waals surface area contributed by atoms with Crippen LogP contribution in [0.3, 0.4) is 0 Å². The van der Waals surface area contributed by atoms with Crippen molar-refractivity contribution < 1.29 is 17.6 Å². The van der Waals surface area contributed by atoms with Crippen molar-refractivity contribution in [2.45, 2.75) is 12.6 Å². The van der Waals surface area contributed by atoms with Crippen molar-refractivity contribution >= 4 is 21.7 Å². The first-order valence-corrected chi connectivity index (χ1v) is 7.58. The summed E-state index contributed by atoms with van der Waals surface area (Å²) in [5.74, 6) is -0.317. The van der Waals surface area contributed by atoms with Crippen LogP contribution in [0.5, 0.6) is 0 Å². The van der Waals surface area contributed by atoms with Crippen molar-refractivity contribution in [3.8, 4) is 11.1 Å². The highest BCUT2D eigenvalue weighted by Gasteiger charge is 2.30. The molecule has 0 radical (unpaired) electrons. The van der Waals surface area contributed by atoms with Gasteiger partial charge in [-0.1, -0.05) is 60.7 Å². The third kappa shape index (κ3) is 2.26. The van der Waals surface area contributed by atoms with Crippen molar-refractivity contribution in [3.63, 3.8) is 0 Å². The van der Waals surface area contributed by atoms with Crippen LogP contribution in [0.15, 0.2) is 71.1 Å². The van der Waals surface area contributed by atoms with Crippen molar-refractivity contribution in [1.82, 2.24) is 0 Å². The smallest absolute Gasteiger partial charge is 0.276 e. The van der Waals surface area contributed by atoms with Crippen LogP contribution in [-0.4, -0.2) is 6.43 Å². The number of para-hydroxylation sites is 1. The van der Waals surface area contributed by atoms with Gasteiger partial charge in [0.2, 0.25) is 6.17 Å². The average molecular weight is 326 g/mol. The zero-order valence-electron chi connectivity index (χ0n) is 12.5. The maximum atomic E-state index is 14.2. The zero-order chi connectivity index (χ0) is 16.7.